The van der Waals surface area contributed by atoms with Crippen LogP contribution in [0.3, 0.4) is 0 Å². The van der Waals surface area contributed by atoms with Gasteiger partial charge in [-0.2, -0.15) is 0 Å². The summed E-state index contributed by atoms with van der Waals surface area (Å²) in [7, 11) is 0. The number of aliphatic hydroxyl groups excluding tert-OH is 1. The summed E-state index contributed by atoms with van der Waals surface area (Å²) in [6, 6.07) is 16.5. The first-order chi connectivity index (χ1) is 16.7. The fraction of sp³-hybridized carbons (Fsp3) is 0.500. The van der Waals surface area contributed by atoms with E-state index in [1.807, 2.05) is 75.4 Å². The lowest BCUT2D eigenvalue weighted by atomic mass is 9.93. The van der Waals surface area contributed by atoms with Crippen LogP contribution in [0.5, 0.6) is 5.75 Å². The highest BCUT2D eigenvalue weighted by Crippen LogP contribution is 2.22. The smallest absolute Gasteiger partial charge is 0.408 e. The first-order valence-electron chi connectivity index (χ1n) is 12.1. The summed E-state index contributed by atoms with van der Waals surface area (Å²) >= 11 is 0. The van der Waals surface area contributed by atoms with Crippen LogP contribution < -0.4 is 15.4 Å². The van der Waals surface area contributed by atoms with Gasteiger partial charge in [0.15, 0.2) is 0 Å². The minimum atomic E-state index is -0.925. The zero-order valence-corrected chi connectivity index (χ0v) is 22.4. The van der Waals surface area contributed by atoms with Crippen LogP contribution in [0, 0.1) is 0 Å². The lowest BCUT2D eigenvalue weighted by Crippen LogP contribution is -2.52. The molecule has 2 rings (SSSR count). The van der Waals surface area contributed by atoms with Crippen molar-refractivity contribution >= 4 is 12.2 Å². The van der Waals surface area contributed by atoms with Crippen molar-refractivity contribution in [3.8, 4) is 5.75 Å². The SMILES string of the molecule is CC(CO)(Cc1cccc(OCC(NC(=O)OC(C)(C)C)c2ccccc2)c1)NC(=O)OC(C)(C)C. The Labute approximate surface area is 214 Å². The lowest BCUT2D eigenvalue weighted by molar-refractivity contribution is 0.0413. The number of aliphatic hydroxyl groups is 1. The number of nitrogens with one attached hydrogen (secondary N) is 2. The Bertz CT molecular complexity index is 997. The quantitative estimate of drug-likeness (QED) is 0.440. The molecule has 2 aromatic carbocycles. The normalized spacial score (nSPS) is 14.2. The number of carbonyl (C=O) groups is 2. The molecule has 2 aromatic rings. The number of hydrogen-bond acceptors (Lipinski definition) is 6. The monoisotopic (exact) mass is 500 g/mol. The zero-order chi connectivity index (χ0) is 27.0. The van der Waals surface area contributed by atoms with E-state index < -0.39 is 35.0 Å². The van der Waals surface area contributed by atoms with Gasteiger partial charge in [0.25, 0.3) is 0 Å². The molecule has 0 fully saturated rings. The molecule has 2 amide bonds. The van der Waals surface area contributed by atoms with Crippen molar-refractivity contribution in [2.75, 3.05) is 13.2 Å². The predicted molar refractivity (Wildman–Crippen MR) is 139 cm³/mol. The zero-order valence-electron chi connectivity index (χ0n) is 22.4. The second kappa shape index (κ2) is 12.1. The predicted octanol–water partition coefficient (Wildman–Crippen LogP) is 5.15. The summed E-state index contributed by atoms with van der Waals surface area (Å²) < 4.78 is 16.8. The van der Waals surface area contributed by atoms with Gasteiger partial charge in [-0.15, -0.1) is 0 Å². The van der Waals surface area contributed by atoms with Crippen molar-refractivity contribution in [2.24, 2.45) is 0 Å². The molecule has 0 bridgehead atoms. The van der Waals surface area contributed by atoms with Gasteiger partial charge in [-0.3, -0.25) is 0 Å². The number of carbonyl (C=O) groups excluding carboxylic acids is 2. The molecule has 0 aromatic heterocycles. The van der Waals surface area contributed by atoms with Gasteiger partial charge in [0, 0.05) is 0 Å². The molecule has 0 radical (unpaired) electrons. The van der Waals surface area contributed by atoms with Crippen molar-refractivity contribution in [1.82, 2.24) is 10.6 Å². The van der Waals surface area contributed by atoms with Crippen LogP contribution in [0.15, 0.2) is 54.6 Å². The summed E-state index contributed by atoms with van der Waals surface area (Å²) in [6.07, 6.45) is -0.760. The maximum Gasteiger partial charge on any atom is 0.408 e. The molecule has 8 nitrogen and oxygen atoms in total. The van der Waals surface area contributed by atoms with Crippen LogP contribution in [-0.4, -0.2) is 47.2 Å². The Hall–Kier alpha value is -3.26. The van der Waals surface area contributed by atoms with Gasteiger partial charge < -0.3 is 30.0 Å². The molecule has 0 aliphatic heterocycles. The summed E-state index contributed by atoms with van der Waals surface area (Å²) in [5, 5.41) is 15.6. The molecule has 0 heterocycles. The summed E-state index contributed by atoms with van der Waals surface area (Å²) in [5.74, 6) is 0.594. The molecule has 198 valence electrons. The van der Waals surface area contributed by atoms with E-state index in [2.05, 4.69) is 10.6 Å². The van der Waals surface area contributed by atoms with Crippen molar-refractivity contribution in [3.05, 3.63) is 65.7 Å². The second-order valence-corrected chi connectivity index (χ2v) is 11.1. The lowest BCUT2D eigenvalue weighted by Gasteiger charge is -2.30. The molecule has 0 spiro atoms. The van der Waals surface area contributed by atoms with E-state index in [1.165, 1.54) is 0 Å². The van der Waals surface area contributed by atoms with Crippen LogP contribution in [0.25, 0.3) is 0 Å². The molecule has 0 saturated carbocycles. The van der Waals surface area contributed by atoms with E-state index >= 15 is 0 Å². The fourth-order valence-electron chi connectivity index (χ4n) is 3.42. The van der Waals surface area contributed by atoms with E-state index in [9.17, 15) is 14.7 Å². The van der Waals surface area contributed by atoms with Crippen LogP contribution in [0.4, 0.5) is 9.59 Å². The molecule has 0 saturated heterocycles. The van der Waals surface area contributed by atoms with Crippen LogP contribution in [-0.2, 0) is 15.9 Å². The molecular weight excluding hydrogens is 460 g/mol. The molecular formula is C28H40N2O6. The van der Waals surface area contributed by atoms with Gasteiger partial charge in [0.1, 0.15) is 23.6 Å². The van der Waals surface area contributed by atoms with E-state index in [0.29, 0.717) is 12.2 Å². The Morgan fingerprint density at radius 3 is 2.06 bits per heavy atom. The highest BCUT2D eigenvalue weighted by Gasteiger charge is 2.29. The maximum atomic E-state index is 12.4. The fourth-order valence-corrected chi connectivity index (χ4v) is 3.42. The van der Waals surface area contributed by atoms with Crippen molar-refractivity contribution in [1.29, 1.82) is 0 Å². The third kappa shape index (κ3) is 10.6. The minimum absolute atomic E-state index is 0.181. The molecule has 2 atom stereocenters. The third-order valence-electron chi connectivity index (χ3n) is 4.95. The number of alkyl carbamates (subject to hydrolysis) is 2. The van der Waals surface area contributed by atoms with E-state index in [0.717, 1.165) is 11.1 Å². The van der Waals surface area contributed by atoms with Crippen molar-refractivity contribution < 1.29 is 28.9 Å². The second-order valence-electron chi connectivity index (χ2n) is 11.1. The molecule has 36 heavy (non-hydrogen) atoms. The van der Waals surface area contributed by atoms with Crippen LogP contribution in [0.1, 0.15) is 65.6 Å². The number of rotatable bonds is 9. The molecule has 0 aliphatic rings. The Morgan fingerprint density at radius 1 is 0.861 bits per heavy atom. The molecule has 3 N–H and O–H groups in total. The summed E-state index contributed by atoms with van der Waals surface area (Å²) in [6.45, 7) is 12.4. The summed E-state index contributed by atoms with van der Waals surface area (Å²) in [4.78, 5) is 24.7. The van der Waals surface area contributed by atoms with Gasteiger partial charge in [-0.25, -0.2) is 9.59 Å². The summed E-state index contributed by atoms with van der Waals surface area (Å²) in [5.41, 5.74) is -0.444. The maximum absolute atomic E-state index is 12.4. The average Bonchev–Trinajstić information content (AvgIpc) is 2.74. The Balaban J connectivity index is 2.10. The highest BCUT2D eigenvalue weighted by molar-refractivity contribution is 5.69. The first kappa shape index (κ1) is 29.0. The molecule has 0 aliphatic carbocycles. The number of benzene rings is 2. The van der Waals surface area contributed by atoms with Crippen molar-refractivity contribution in [3.63, 3.8) is 0 Å². The van der Waals surface area contributed by atoms with E-state index in [4.69, 9.17) is 14.2 Å². The van der Waals surface area contributed by atoms with Gasteiger partial charge in [-0.1, -0.05) is 42.5 Å². The topological polar surface area (TPSA) is 106 Å². The third-order valence-corrected chi connectivity index (χ3v) is 4.95. The Morgan fingerprint density at radius 2 is 1.47 bits per heavy atom. The van der Waals surface area contributed by atoms with Gasteiger partial charge in [-0.05, 0) is 78.1 Å². The largest absolute Gasteiger partial charge is 0.491 e. The van der Waals surface area contributed by atoms with E-state index in [-0.39, 0.29) is 13.2 Å². The average molecular weight is 501 g/mol. The first-order valence-corrected chi connectivity index (χ1v) is 12.1. The highest BCUT2D eigenvalue weighted by atomic mass is 16.6. The van der Waals surface area contributed by atoms with Crippen LogP contribution in [0.2, 0.25) is 0 Å². The number of amides is 2. The van der Waals surface area contributed by atoms with Crippen molar-refractivity contribution in [2.45, 2.75) is 77.7 Å². The standard InChI is InChI=1S/C28H40N2O6/c1-26(2,3)35-24(32)29-23(21-13-9-8-10-14-21)18-34-22-15-11-12-20(16-22)17-28(7,19-31)30-25(33)36-27(4,5)6/h8-16,23,31H,17-19H2,1-7H3,(H,29,32)(H,30,33). The number of hydrogen-bond donors (Lipinski definition) is 3. The van der Waals surface area contributed by atoms with E-state index in [1.54, 1.807) is 27.7 Å². The molecule has 8 heteroatoms. The van der Waals surface area contributed by atoms with Gasteiger partial charge in [0.2, 0.25) is 0 Å². The van der Waals surface area contributed by atoms with Gasteiger partial charge in [0.05, 0.1) is 18.2 Å². The minimum Gasteiger partial charge on any atom is -0.491 e. The van der Waals surface area contributed by atoms with Gasteiger partial charge >= 0.3 is 12.2 Å². The van der Waals surface area contributed by atoms with Crippen LogP contribution >= 0.6 is 0 Å². The number of ether oxygens (including phenoxy) is 3. The Kier molecular flexibility index (Phi) is 9.76. The molecule has 2 unspecified atom stereocenters.